The van der Waals surface area contributed by atoms with Crippen molar-refractivity contribution >= 4 is 27.5 Å². The molecule has 1 aromatic carbocycles. The highest BCUT2D eigenvalue weighted by Crippen LogP contribution is 2.29. The maximum absolute atomic E-state index is 13.4. The van der Waals surface area contributed by atoms with E-state index in [0.717, 1.165) is 23.1 Å². The van der Waals surface area contributed by atoms with E-state index in [4.69, 9.17) is 0 Å². The minimum atomic E-state index is -4.87. The molecule has 1 heterocycles. The van der Waals surface area contributed by atoms with E-state index in [1.54, 1.807) is 0 Å². The molecule has 1 fully saturated rings. The second-order valence-electron chi connectivity index (χ2n) is 4.20. The van der Waals surface area contributed by atoms with E-state index in [1.165, 1.54) is 0 Å². The lowest BCUT2D eigenvalue weighted by Gasteiger charge is -2.15. The number of hydrogen-bond donors (Lipinski definition) is 0. The lowest BCUT2D eigenvalue weighted by atomic mass is 10.2. The molecule has 0 aliphatic carbocycles. The zero-order chi connectivity index (χ0) is 15.1. The van der Waals surface area contributed by atoms with E-state index in [-0.39, 0.29) is 5.69 Å². The molecule has 1 aliphatic heterocycles. The minimum Gasteiger partial charge on any atom is -0.311 e. The van der Waals surface area contributed by atoms with E-state index >= 15 is 0 Å². The van der Waals surface area contributed by atoms with E-state index < -0.39 is 50.8 Å². The standard InChI is InChI=1S/C10H8F2N2O5S/c11-8-3-6(1-2-9(8)14(16)17)13-5-7(4-10(13)15)20(12,18)19/h1-3,7H,4-5H2. The molecular formula is C10H8F2N2O5S. The van der Waals surface area contributed by atoms with Crippen LogP contribution in [0.3, 0.4) is 0 Å². The third kappa shape index (κ3) is 2.59. The van der Waals surface area contributed by atoms with Crippen LogP contribution < -0.4 is 4.90 Å². The van der Waals surface area contributed by atoms with Crippen molar-refractivity contribution in [2.45, 2.75) is 11.7 Å². The zero-order valence-electron chi connectivity index (χ0n) is 9.82. The fraction of sp³-hybridized carbons (Fsp3) is 0.300. The first-order chi connectivity index (χ1) is 9.20. The van der Waals surface area contributed by atoms with Gasteiger partial charge in [-0.15, -0.1) is 3.89 Å². The van der Waals surface area contributed by atoms with Gasteiger partial charge in [-0.2, -0.15) is 12.8 Å². The Balaban J connectivity index is 2.31. The molecule has 1 aliphatic rings. The average molecular weight is 306 g/mol. The van der Waals surface area contributed by atoms with Gasteiger partial charge in [-0.25, -0.2) is 0 Å². The molecule has 1 saturated heterocycles. The Kier molecular flexibility index (Phi) is 3.42. The van der Waals surface area contributed by atoms with Crippen LogP contribution in [-0.2, 0) is 15.0 Å². The van der Waals surface area contributed by atoms with E-state index in [1.807, 2.05) is 0 Å². The summed E-state index contributed by atoms with van der Waals surface area (Å²) in [5.74, 6) is -1.85. The molecule has 7 nitrogen and oxygen atoms in total. The first-order valence-electron chi connectivity index (χ1n) is 5.38. The van der Waals surface area contributed by atoms with Crippen LogP contribution in [0.2, 0.25) is 0 Å². The number of benzene rings is 1. The number of hydrogen-bond acceptors (Lipinski definition) is 5. The van der Waals surface area contributed by atoms with Crippen molar-refractivity contribution in [3.63, 3.8) is 0 Å². The van der Waals surface area contributed by atoms with Crippen LogP contribution in [0.1, 0.15) is 6.42 Å². The molecule has 20 heavy (non-hydrogen) atoms. The molecule has 1 amide bonds. The van der Waals surface area contributed by atoms with E-state index in [9.17, 15) is 31.6 Å². The van der Waals surface area contributed by atoms with Gasteiger partial charge in [0.2, 0.25) is 11.7 Å². The SMILES string of the molecule is O=C1CC(S(=O)(=O)F)CN1c1ccc([N+](=O)[O-])c(F)c1. The number of carbonyl (C=O) groups excluding carboxylic acids is 1. The van der Waals surface area contributed by atoms with Crippen LogP contribution in [0.15, 0.2) is 18.2 Å². The predicted octanol–water partition coefficient (Wildman–Crippen LogP) is 1.14. The van der Waals surface area contributed by atoms with Gasteiger partial charge in [-0.1, -0.05) is 0 Å². The van der Waals surface area contributed by atoms with Gasteiger partial charge in [0, 0.05) is 30.8 Å². The molecule has 108 valence electrons. The quantitative estimate of drug-likeness (QED) is 0.474. The largest absolute Gasteiger partial charge is 0.311 e. The number of nitrogens with zero attached hydrogens (tertiary/aromatic N) is 2. The summed E-state index contributed by atoms with van der Waals surface area (Å²) in [4.78, 5) is 22.0. The van der Waals surface area contributed by atoms with Crippen LogP contribution in [-0.4, -0.2) is 31.0 Å². The lowest BCUT2D eigenvalue weighted by Crippen LogP contribution is -2.27. The second kappa shape index (κ2) is 4.78. The molecule has 0 radical (unpaired) electrons. The van der Waals surface area contributed by atoms with Crippen molar-refractivity contribution in [2.75, 3.05) is 11.4 Å². The summed E-state index contributed by atoms with van der Waals surface area (Å²) in [5.41, 5.74) is -0.820. The molecule has 0 spiro atoms. The van der Waals surface area contributed by atoms with Crippen LogP contribution in [0.25, 0.3) is 0 Å². The number of rotatable bonds is 3. The smallest absolute Gasteiger partial charge is 0.307 e. The van der Waals surface area contributed by atoms with Gasteiger partial charge in [0.05, 0.1) is 4.92 Å². The Morgan fingerprint density at radius 3 is 2.50 bits per heavy atom. The van der Waals surface area contributed by atoms with Gasteiger partial charge in [-0.05, 0) is 6.07 Å². The van der Waals surface area contributed by atoms with E-state index in [0.29, 0.717) is 0 Å². The third-order valence-corrected chi connectivity index (χ3v) is 4.04. The zero-order valence-corrected chi connectivity index (χ0v) is 10.6. The highest BCUT2D eigenvalue weighted by atomic mass is 32.3. The van der Waals surface area contributed by atoms with Crippen molar-refractivity contribution in [1.82, 2.24) is 0 Å². The van der Waals surface area contributed by atoms with Crippen molar-refractivity contribution in [1.29, 1.82) is 0 Å². The molecule has 10 heteroatoms. The molecular weight excluding hydrogens is 298 g/mol. The van der Waals surface area contributed by atoms with E-state index in [2.05, 4.69) is 0 Å². The Morgan fingerprint density at radius 1 is 1.40 bits per heavy atom. The highest BCUT2D eigenvalue weighted by Gasteiger charge is 2.39. The van der Waals surface area contributed by atoms with Crippen LogP contribution in [0, 0.1) is 15.9 Å². The molecule has 2 rings (SSSR count). The number of nitro groups is 1. The first kappa shape index (κ1) is 14.3. The summed E-state index contributed by atoms with van der Waals surface area (Å²) in [6, 6.07) is 2.70. The van der Waals surface area contributed by atoms with Crippen LogP contribution in [0.5, 0.6) is 0 Å². The van der Waals surface area contributed by atoms with Crippen molar-refractivity contribution in [2.24, 2.45) is 0 Å². The summed E-state index contributed by atoms with van der Waals surface area (Å²) in [6.07, 6.45) is -0.544. The minimum absolute atomic E-state index is 0.0516. The summed E-state index contributed by atoms with van der Waals surface area (Å²) < 4.78 is 47.8. The lowest BCUT2D eigenvalue weighted by molar-refractivity contribution is -0.387. The molecule has 0 saturated carbocycles. The number of carbonyl (C=O) groups is 1. The van der Waals surface area contributed by atoms with Crippen molar-refractivity contribution < 1.29 is 26.4 Å². The molecule has 1 aromatic rings. The number of nitro benzene ring substituents is 1. The first-order valence-corrected chi connectivity index (χ1v) is 6.82. The molecule has 0 bridgehead atoms. The summed E-state index contributed by atoms with van der Waals surface area (Å²) in [7, 11) is -4.87. The van der Waals surface area contributed by atoms with Crippen molar-refractivity contribution in [3.8, 4) is 0 Å². The second-order valence-corrected chi connectivity index (χ2v) is 5.82. The fourth-order valence-corrected chi connectivity index (χ4v) is 2.59. The Morgan fingerprint density at radius 2 is 2.05 bits per heavy atom. The van der Waals surface area contributed by atoms with Gasteiger partial charge in [0.1, 0.15) is 5.25 Å². The Labute approximate surface area is 112 Å². The monoisotopic (exact) mass is 306 g/mol. The predicted molar refractivity (Wildman–Crippen MR) is 63.8 cm³/mol. The maximum atomic E-state index is 13.4. The third-order valence-electron chi connectivity index (χ3n) is 2.93. The summed E-state index contributed by atoms with van der Waals surface area (Å²) in [5, 5.41) is 8.95. The molecule has 1 atom stereocenters. The van der Waals surface area contributed by atoms with Gasteiger partial charge in [-0.3, -0.25) is 14.9 Å². The summed E-state index contributed by atoms with van der Waals surface area (Å²) >= 11 is 0. The number of halogens is 2. The molecule has 0 aromatic heterocycles. The average Bonchev–Trinajstić information content (AvgIpc) is 2.70. The van der Waals surface area contributed by atoms with Crippen LogP contribution >= 0.6 is 0 Å². The fourth-order valence-electron chi connectivity index (χ4n) is 1.92. The Hall–Kier alpha value is -2.10. The molecule has 1 unspecified atom stereocenters. The highest BCUT2D eigenvalue weighted by molar-refractivity contribution is 7.87. The molecule has 0 N–H and O–H groups in total. The number of amides is 1. The van der Waals surface area contributed by atoms with Crippen molar-refractivity contribution in [3.05, 3.63) is 34.1 Å². The summed E-state index contributed by atoms with van der Waals surface area (Å²) in [6.45, 7) is -0.449. The van der Waals surface area contributed by atoms with Gasteiger partial charge in [0.15, 0.2) is 0 Å². The van der Waals surface area contributed by atoms with Gasteiger partial charge < -0.3 is 4.90 Å². The normalized spacial score (nSPS) is 19.4. The van der Waals surface area contributed by atoms with Crippen LogP contribution in [0.4, 0.5) is 19.7 Å². The number of anilines is 1. The Bertz CT molecular complexity index is 691. The topological polar surface area (TPSA) is 97.6 Å². The maximum Gasteiger partial charge on any atom is 0.307 e. The van der Waals surface area contributed by atoms with Gasteiger partial charge >= 0.3 is 15.9 Å². The van der Waals surface area contributed by atoms with Gasteiger partial charge in [0.25, 0.3) is 0 Å².